The zero-order valence-corrected chi connectivity index (χ0v) is 22.1. The van der Waals surface area contributed by atoms with Crippen molar-refractivity contribution in [1.29, 1.82) is 0 Å². The second kappa shape index (κ2) is 12.1. The van der Waals surface area contributed by atoms with Crippen LogP contribution in [0.2, 0.25) is 0 Å². The summed E-state index contributed by atoms with van der Waals surface area (Å²) in [4.78, 5) is 66.3. The van der Waals surface area contributed by atoms with Gasteiger partial charge in [0.15, 0.2) is 6.04 Å². The number of esters is 2. The van der Waals surface area contributed by atoms with Crippen LogP contribution in [-0.2, 0) is 35.1 Å². The van der Waals surface area contributed by atoms with Gasteiger partial charge in [-0.15, -0.1) is 0 Å². The first kappa shape index (κ1) is 28.7. The fourth-order valence-electron chi connectivity index (χ4n) is 5.31. The van der Waals surface area contributed by atoms with Crippen molar-refractivity contribution in [2.45, 2.75) is 69.7 Å². The van der Waals surface area contributed by atoms with Crippen molar-refractivity contribution in [2.24, 2.45) is 0 Å². The zero-order valence-electron chi connectivity index (χ0n) is 22.1. The molecule has 12 nitrogen and oxygen atoms in total. The van der Waals surface area contributed by atoms with E-state index in [4.69, 9.17) is 14.2 Å². The van der Waals surface area contributed by atoms with Gasteiger partial charge < -0.3 is 29.5 Å². The van der Waals surface area contributed by atoms with Crippen LogP contribution in [-0.4, -0.2) is 95.8 Å². The highest BCUT2D eigenvalue weighted by Crippen LogP contribution is 2.36. The van der Waals surface area contributed by atoms with Crippen LogP contribution in [0.4, 0.5) is 4.79 Å². The first-order valence-electron chi connectivity index (χ1n) is 12.5. The van der Waals surface area contributed by atoms with Crippen molar-refractivity contribution in [3.8, 4) is 5.75 Å². The fraction of sp³-hybridized carbons (Fsp3) is 0.577. The van der Waals surface area contributed by atoms with Gasteiger partial charge in [0.05, 0.1) is 14.2 Å². The van der Waals surface area contributed by atoms with Crippen LogP contribution < -0.4 is 10.1 Å². The first-order chi connectivity index (χ1) is 18.0. The molecule has 0 saturated carbocycles. The lowest BCUT2D eigenvalue weighted by atomic mass is 9.86. The Hall–Kier alpha value is -3.83. The highest BCUT2D eigenvalue weighted by atomic mass is 16.6. The number of hydrogen-bond acceptors (Lipinski definition) is 8. The molecule has 2 fully saturated rings. The molecule has 38 heavy (non-hydrogen) atoms. The lowest BCUT2D eigenvalue weighted by Gasteiger charge is -2.40. The minimum absolute atomic E-state index is 0.115. The summed E-state index contributed by atoms with van der Waals surface area (Å²) in [5, 5.41) is 12.3. The highest BCUT2D eigenvalue weighted by Gasteiger charge is 2.53. The average molecular weight is 534 g/mol. The minimum Gasteiger partial charge on any atom is -0.497 e. The molecular formula is C26H35N3O9. The van der Waals surface area contributed by atoms with Crippen LogP contribution in [0.15, 0.2) is 24.3 Å². The zero-order chi connectivity index (χ0) is 28.0. The minimum atomic E-state index is -1.42. The molecule has 0 bridgehead atoms. The molecule has 4 atom stereocenters. The Morgan fingerprint density at radius 2 is 1.79 bits per heavy atom. The Morgan fingerprint density at radius 3 is 2.37 bits per heavy atom. The Kier molecular flexibility index (Phi) is 9.18. The molecule has 2 heterocycles. The van der Waals surface area contributed by atoms with Crippen LogP contribution in [0.5, 0.6) is 5.75 Å². The van der Waals surface area contributed by atoms with Crippen molar-refractivity contribution < 1.29 is 43.3 Å². The number of nitrogens with one attached hydrogen (secondary N) is 1. The molecule has 0 spiro atoms. The van der Waals surface area contributed by atoms with Crippen molar-refractivity contribution in [2.75, 3.05) is 27.3 Å². The van der Waals surface area contributed by atoms with Crippen molar-refractivity contribution in [3.63, 3.8) is 0 Å². The first-order valence-corrected chi connectivity index (χ1v) is 12.5. The number of amides is 3. The molecule has 0 radical (unpaired) electrons. The summed E-state index contributed by atoms with van der Waals surface area (Å²) in [6.07, 6.45) is -0.432. The molecule has 2 N–H and O–H groups in total. The van der Waals surface area contributed by atoms with Crippen LogP contribution >= 0.6 is 0 Å². The summed E-state index contributed by atoms with van der Waals surface area (Å²) in [6.45, 7) is 3.13. The number of methoxy groups -OCH3 is 2. The summed E-state index contributed by atoms with van der Waals surface area (Å²) in [6, 6.07) is 4.84. The maximum absolute atomic E-state index is 14.1. The largest absolute Gasteiger partial charge is 0.497 e. The molecule has 2 aliphatic rings. The molecular weight excluding hydrogens is 498 g/mol. The third-order valence-electron chi connectivity index (χ3n) is 7.18. The lowest BCUT2D eigenvalue weighted by Crippen LogP contribution is -2.64. The van der Waals surface area contributed by atoms with Crippen LogP contribution in [0, 0.1) is 0 Å². The predicted molar refractivity (Wildman–Crippen MR) is 133 cm³/mol. The summed E-state index contributed by atoms with van der Waals surface area (Å²) >= 11 is 0. The molecule has 1 aromatic carbocycles. The van der Waals surface area contributed by atoms with Gasteiger partial charge in [-0.1, -0.05) is 12.1 Å². The molecule has 3 rings (SSSR count). The van der Waals surface area contributed by atoms with E-state index in [1.807, 2.05) is 0 Å². The Bertz CT molecular complexity index is 1060. The van der Waals surface area contributed by atoms with E-state index in [1.54, 1.807) is 24.3 Å². The van der Waals surface area contributed by atoms with Crippen LogP contribution in [0.25, 0.3) is 0 Å². The van der Waals surface area contributed by atoms with Crippen molar-refractivity contribution in [1.82, 2.24) is 15.1 Å². The number of carbonyl (C=O) groups is 5. The number of ether oxygens (including phenoxy) is 3. The van der Waals surface area contributed by atoms with Gasteiger partial charge >= 0.3 is 18.0 Å². The van der Waals surface area contributed by atoms with Gasteiger partial charge in [-0.25, -0.2) is 9.59 Å². The summed E-state index contributed by atoms with van der Waals surface area (Å²) < 4.78 is 15.2. The number of carbonyl (C=O) groups excluding carboxylic acids is 4. The SMILES string of the molecule is COC(=O)[C@@H](NC(=O)C1(Cc2ccc(OC)cc2)CCCN1C(=O)C1CCCN1C(=O)O)[C@@H](C)OC(C)=O. The molecule has 0 aliphatic carbocycles. The van der Waals surface area contributed by atoms with Gasteiger partial charge in [-0.2, -0.15) is 0 Å². The second-order valence-electron chi connectivity index (χ2n) is 9.57. The van der Waals surface area contributed by atoms with Gasteiger partial charge in [-0.3, -0.25) is 19.3 Å². The number of nitrogens with zero attached hydrogens (tertiary/aromatic N) is 2. The van der Waals surface area contributed by atoms with Gasteiger partial charge in [0, 0.05) is 26.4 Å². The van der Waals surface area contributed by atoms with Crippen LogP contribution in [0.3, 0.4) is 0 Å². The molecule has 2 saturated heterocycles. The number of likely N-dealkylation sites (tertiary alicyclic amines) is 2. The van der Waals surface area contributed by atoms with E-state index in [0.29, 0.717) is 25.0 Å². The Morgan fingerprint density at radius 1 is 1.11 bits per heavy atom. The van der Waals surface area contributed by atoms with Crippen molar-refractivity contribution >= 4 is 29.8 Å². The quantitative estimate of drug-likeness (QED) is 0.448. The second-order valence-corrected chi connectivity index (χ2v) is 9.57. The molecule has 208 valence electrons. The third kappa shape index (κ3) is 6.00. The monoisotopic (exact) mass is 533 g/mol. The van der Waals surface area contributed by atoms with Gasteiger partial charge in [-0.05, 0) is 50.3 Å². The predicted octanol–water partition coefficient (Wildman–Crippen LogP) is 1.35. The number of carboxylic acid groups (broad SMARTS) is 1. The van der Waals surface area contributed by atoms with E-state index in [1.165, 1.54) is 25.9 Å². The fourth-order valence-corrected chi connectivity index (χ4v) is 5.31. The lowest BCUT2D eigenvalue weighted by molar-refractivity contribution is -0.158. The number of hydrogen-bond donors (Lipinski definition) is 2. The number of benzene rings is 1. The average Bonchev–Trinajstić information content (AvgIpc) is 3.55. The molecule has 0 aromatic heterocycles. The Balaban J connectivity index is 2.00. The van der Waals surface area contributed by atoms with Gasteiger partial charge in [0.25, 0.3) is 0 Å². The Labute approximate surface area is 221 Å². The number of rotatable bonds is 9. The topological polar surface area (TPSA) is 152 Å². The summed E-state index contributed by atoms with van der Waals surface area (Å²) in [5.74, 6) is -1.89. The van der Waals surface area contributed by atoms with Gasteiger partial charge in [0.2, 0.25) is 11.8 Å². The standard InChI is InChI=1S/C26H35N3O9/c1-16(38-17(2)30)21(23(32)37-4)27-24(33)26(15-18-8-10-19(36-3)11-9-18)12-6-14-29(26)22(31)20-7-5-13-28(20)25(34)35/h8-11,16,20-21H,5-7,12-15H2,1-4H3,(H,27,33)(H,34,35)/t16-,20?,21+,26?/m1/s1. The van der Waals surface area contributed by atoms with E-state index in [0.717, 1.165) is 17.6 Å². The maximum Gasteiger partial charge on any atom is 0.407 e. The van der Waals surface area contributed by atoms with E-state index in [2.05, 4.69) is 5.32 Å². The molecule has 2 unspecified atom stereocenters. The van der Waals surface area contributed by atoms with E-state index >= 15 is 0 Å². The molecule has 12 heteroatoms. The molecule has 1 aromatic rings. The maximum atomic E-state index is 14.1. The summed E-state index contributed by atoms with van der Waals surface area (Å²) in [5.41, 5.74) is -0.675. The smallest absolute Gasteiger partial charge is 0.407 e. The van der Waals surface area contributed by atoms with Crippen LogP contribution in [0.1, 0.15) is 45.1 Å². The highest BCUT2D eigenvalue weighted by molar-refractivity contribution is 5.97. The van der Waals surface area contributed by atoms with E-state index < -0.39 is 53.6 Å². The summed E-state index contributed by atoms with van der Waals surface area (Å²) in [7, 11) is 2.69. The van der Waals surface area contributed by atoms with Gasteiger partial charge in [0.1, 0.15) is 23.4 Å². The van der Waals surface area contributed by atoms with Crippen molar-refractivity contribution in [3.05, 3.63) is 29.8 Å². The molecule has 2 aliphatic heterocycles. The third-order valence-corrected chi connectivity index (χ3v) is 7.18. The van der Waals surface area contributed by atoms with E-state index in [-0.39, 0.29) is 25.9 Å². The molecule has 3 amide bonds. The normalized spacial score (nSPS) is 22.4. The van der Waals surface area contributed by atoms with E-state index in [9.17, 15) is 29.1 Å².